The van der Waals surface area contributed by atoms with Gasteiger partial charge < -0.3 is 9.47 Å². The molecule has 0 N–H and O–H groups in total. The predicted octanol–water partition coefficient (Wildman–Crippen LogP) is 2.67. The zero-order valence-corrected chi connectivity index (χ0v) is 12.3. The third-order valence-corrected chi connectivity index (χ3v) is 3.42. The largest absolute Gasteiger partial charge is 0.468 e. The molecule has 0 aromatic heterocycles. The van der Waals surface area contributed by atoms with Crippen molar-refractivity contribution < 1.29 is 9.47 Å². The van der Waals surface area contributed by atoms with Crippen LogP contribution < -0.4 is 0 Å². The molecule has 0 aromatic rings. The van der Waals surface area contributed by atoms with Crippen molar-refractivity contribution in [2.75, 3.05) is 13.1 Å². The number of ether oxygens (including phenoxy) is 2. The van der Waals surface area contributed by atoms with E-state index in [2.05, 4.69) is 51.5 Å². The van der Waals surface area contributed by atoms with Gasteiger partial charge in [0.25, 0.3) is 11.8 Å². The molecule has 0 bridgehead atoms. The number of hydrogen-bond acceptors (Lipinski definition) is 4. The van der Waals surface area contributed by atoms with Crippen LogP contribution in [0.15, 0.2) is 9.98 Å². The molecule has 0 unspecified atom stereocenters. The van der Waals surface area contributed by atoms with Crippen LogP contribution in [-0.2, 0) is 9.47 Å². The first-order valence-electron chi connectivity index (χ1n) is 6.60. The Balaban J connectivity index is 1.97. The van der Waals surface area contributed by atoms with Crippen LogP contribution >= 0.6 is 0 Å². The summed E-state index contributed by atoms with van der Waals surface area (Å²) in [6.07, 6.45) is 0.236. The molecule has 2 heterocycles. The second kappa shape index (κ2) is 4.25. The first-order valence-corrected chi connectivity index (χ1v) is 6.60. The fourth-order valence-corrected chi connectivity index (χ4v) is 1.89. The van der Waals surface area contributed by atoms with Gasteiger partial charge in [0, 0.05) is 10.8 Å². The second-order valence-corrected chi connectivity index (χ2v) is 7.24. The van der Waals surface area contributed by atoms with Crippen molar-refractivity contribution in [2.45, 2.75) is 53.8 Å². The van der Waals surface area contributed by atoms with Gasteiger partial charge in [0.2, 0.25) is 0 Å². The Morgan fingerprint density at radius 3 is 1.33 bits per heavy atom. The summed E-state index contributed by atoms with van der Waals surface area (Å²) < 4.78 is 11.7. The maximum atomic E-state index is 5.86. The Morgan fingerprint density at radius 2 is 1.11 bits per heavy atom. The monoisotopic (exact) mass is 252 g/mol. The van der Waals surface area contributed by atoms with Crippen LogP contribution in [0.3, 0.4) is 0 Å². The Labute approximate surface area is 109 Å². The molecule has 0 aromatic carbocycles. The molecular weight excluding hydrogens is 228 g/mol. The van der Waals surface area contributed by atoms with E-state index in [1.807, 2.05) is 0 Å². The summed E-state index contributed by atoms with van der Waals surface area (Å²) in [7, 11) is 0. The number of hydrogen-bond donors (Lipinski definition) is 0. The molecule has 102 valence electrons. The highest BCUT2D eigenvalue weighted by Crippen LogP contribution is 2.29. The lowest BCUT2D eigenvalue weighted by Crippen LogP contribution is -2.33. The lowest BCUT2D eigenvalue weighted by atomic mass is 9.89. The van der Waals surface area contributed by atoms with E-state index in [1.165, 1.54) is 0 Å². The molecule has 0 aliphatic carbocycles. The summed E-state index contributed by atoms with van der Waals surface area (Å²) in [6.45, 7) is 14.3. The SMILES string of the molecule is CC(C)(C)[C@@H]1CN=C(C2=NC[C@@H](C(C)(C)C)O2)O1. The van der Waals surface area contributed by atoms with Gasteiger partial charge in [0.1, 0.15) is 12.2 Å². The highest BCUT2D eigenvalue weighted by atomic mass is 16.6. The summed E-state index contributed by atoms with van der Waals surface area (Å²) in [5.74, 6) is 1.17. The van der Waals surface area contributed by atoms with Gasteiger partial charge in [-0.2, -0.15) is 0 Å². The van der Waals surface area contributed by atoms with Crippen LogP contribution in [0.5, 0.6) is 0 Å². The fraction of sp³-hybridized carbons (Fsp3) is 0.857. The van der Waals surface area contributed by atoms with E-state index in [1.54, 1.807) is 0 Å². The van der Waals surface area contributed by atoms with E-state index in [0.29, 0.717) is 24.9 Å². The maximum absolute atomic E-state index is 5.86. The molecule has 0 saturated carbocycles. The van der Waals surface area contributed by atoms with E-state index in [0.717, 1.165) is 0 Å². The Hall–Kier alpha value is -1.06. The van der Waals surface area contributed by atoms with Crippen molar-refractivity contribution in [2.24, 2.45) is 20.8 Å². The van der Waals surface area contributed by atoms with Gasteiger partial charge in [-0.15, -0.1) is 0 Å². The molecule has 2 atom stereocenters. The molecular formula is C14H24N2O2. The number of aliphatic imine (C=N–C) groups is 2. The van der Waals surface area contributed by atoms with E-state index in [9.17, 15) is 0 Å². The minimum absolute atomic E-state index is 0.0911. The van der Waals surface area contributed by atoms with Crippen molar-refractivity contribution in [3.63, 3.8) is 0 Å². The average molecular weight is 252 g/mol. The highest BCUT2D eigenvalue weighted by Gasteiger charge is 2.38. The number of nitrogens with zero attached hydrogens (tertiary/aromatic N) is 2. The highest BCUT2D eigenvalue weighted by molar-refractivity contribution is 6.36. The van der Waals surface area contributed by atoms with Crippen molar-refractivity contribution in [3.8, 4) is 0 Å². The van der Waals surface area contributed by atoms with Gasteiger partial charge in [0.05, 0.1) is 13.1 Å². The van der Waals surface area contributed by atoms with E-state index in [-0.39, 0.29) is 23.0 Å². The third kappa shape index (κ3) is 2.68. The Kier molecular flexibility index (Phi) is 3.16. The molecule has 2 rings (SSSR count). The van der Waals surface area contributed by atoms with Crippen LogP contribution in [0, 0.1) is 10.8 Å². The molecule has 2 aliphatic heterocycles. The predicted molar refractivity (Wildman–Crippen MR) is 73.3 cm³/mol. The molecule has 0 fully saturated rings. The van der Waals surface area contributed by atoms with Gasteiger partial charge in [0.15, 0.2) is 0 Å². The molecule has 2 aliphatic rings. The summed E-state index contributed by atoms with van der Waals surface area (Å²) >= 11 is 0. The van der Waals surface area contributed by atoms with Crippen LogP contribution in [0.4, 0.5) is 0 Å². The second-order valence-electron chi connectivity index (χ2n) is 7.24. The number of rotatable bonds is 1. The summed E-state index contributed by atoms with van der Waals surface area (Å²) in [4.78, 5) is 8.84. The van der Waals surface area contributed by atoms with Crippen LogP contribution in [0.1, 0.15) is 41.5 Å². The van der Waals surface area contributed by atoms with Gasteiger partial charge in [-0.25, -0.2) is 9.98 Å². The minimum atomic E-state index is 0.0911. The van der Waals surface area contributed by atoms with Crippen LogP contribution in [0.2, 0.25) is 0 Å². The molecule has 4 nitrogen and oxygen atoms in total. The summed E-state index contributed by atoms with van der Waals surface area (Å²) in [5, 5.41) is 0. The maximum Gasteiger partial charge on any atom is 0.273 e. The molecule has 4 heteroatoms. The lowest BCUT2D eigenvalue weighted by molar-refractivity contribution is 0.0897. The first kappa shape index (κ1) is 13.4. The van der Waals surface area contributed by atoms with E-state index in [4.69, 9.17) is 9.47 Å². The molecule has 0 spiro atoms. The van der Waals surface area contributed by atoms with Crippen molar-refractivity contribution in [1.29, 1.82) is 0 Å². The molecule has 0 amide bonds. The summed E-state index contributed by atoms with van der Waals surface area (Å²) in [6, 6.07) is 0. The Bertz CT molecular complexity index is 348. The van der Waals surface area contributed by atoms with Gasteiger partial charge in [-0.05, 0) is 0 Å². The van der Waals surface area contributed by atoms with Crippen LogP contribution in [0.25, 0.3) is 0 Å². The molecule has 18 heavy (non-hydrogen) atoms. The van der Waals surface area contributed by atoms with Gasteiger partial charge in [-0.1, -0.05) is 41.5 Å². The standard InChI is InChI=1S/C14H24N2O2/c1-13(2,3)9-7-15-11(17-9)12-16-8-10(18-12)14(4,5)6/h9-10H,7-8H2,1-6H3/t9-,10-/m0/s1. The van der Waals surface area contributed by atoms with E-state index >= 15 is 0 Å². The van der Waals surface area contributed by atoms with Crippen molar-refractivity contribution >= 4 is 11.8 Å². The Morgan fingerprint density at radius 1 is 0.778 bits per heavy atom. The first-order chi connectivity index (χ1) is 8.18. The fourth-order valence-electron chi connectivity index (χ4n) is 1.89. The zero-order valence-electron chi connectivity index (χ0n) is 12.3. The molecule has 0 saturated heterocycles. The van der Waals surface area contributed by atoms with Gasteiger partial charge >= 0.3 is 0 Å². The normalized spacial score (nSPS) is 28.6. The smallest absolute Gasteiger partial charge is 0.273 e. The van der Waals surface area contributed by atoms with Crippen LogP contribution in [-0.4, -0.2) is 37.1 Å². The topological polar surface area (TPSA) is 43.2 Å². The van der Waals surface area contributed by atoms with Crippen molar-refractivity contribution in [1.82, 2.24) is 0 Å². The quantitative estimate of drug-likeness (QED) is 0.720. The zero-order chi connectivity index (χ0) is 13.6. The van der Waals surface area contributed by atoms with Crippen molar-refractivity contribution in [3.05, 3.63) is 0 Å². The lowest BCUT2D eigenvalue weighted by Gasteiger charge is -2.27. The summed E-state index contributed by atoms with van der Waals surface area (Å²) in [5.41, 5.74) is 0.182. The minimum Gasteiger partial charge on any atom is -0.468 e. The molecule has 0 radical (unpaired) electrons. The van der Waals surface area contributed by atoms with Gasteiger partial charge in [-0.3, -0.25) is 0 Å². The average Bonchev–Trinajstić information content (AvgIpc) is 2.84. The third-order valence-electron chi connectivity index (χ3n) is 3.42. The van der Waals surface area contributed by atoms with E-state index < -0.39 is 0 Å².